The van der Waals surface area contributed by atoms with Crippen LogP contribution in [0.2, 0.25) is 0 Å². The molecule has 2 heterocycles. The Balaban J connectivity index is 1.64. The average molecular weight is 338 g/mol. The largest absolute Gasteiger partial charge is 0.324 e. The lowest BCUT2D eigenvalue weighted by Crippen LogP contribution is -2.32. The number of hydrazone groups is 1. The number of amides is 2. The van der Waals surface area contributed by atoms with Gasteiger partial charge in [-0.1, -0.05) is 0 Å². The van der Waals surface area contributed by atoms with Gasteiger partial charge in [0.2, 0.25) is 11.9 Å². The molecule has 3 rings (SSSR count). The van der Waals surface area contributed by atoms with Crippen LogP contribution in [0.25, 0.3) is 0 Å². The summed E-state index contributed by atoms with van der Waals surface area (Å²) in [4.78, 5) is 31.8. The van der Waals surface area contributed by atoms with E-state index in [1.165, 1.54) is 0 Å². The molecule has 0 fully saturated rings. The lowest BCUT2D eigenvalue weighted by molar-refractivity contribution is -0.121. The fourth-order valence-corrected chi connectivity index (χ4v) is 2.39. The first-order chi connectivity index (χ1) is 12.0. The normalized spacial score (nSPS) is 13.7. The molecular formula is C17H18N6O2. The number of hydrogen-bond acceptors (Lipinski definition) is 6. The van der Waals surface area contributed by atoms with Gasteiger partial charge in [-0.2, -0.15) is 5.10 Å². The van der Waals surface area contributed by atoms with Crippen LogP contribution in [-0.4, -0.2) is 27.5 Å². The predicted octanol–water partition coefficient (Wildman–Crippen LogP) is 2.04. The van der Waals surface area contributed by atoms with Crippen LogP contribution in [0.5, 0.6) is 0 Å². The molecule has 0 radical (unpaired) electrons. The fraction of sp³-hybridized carbons (Fsp3) is 0.235. The fourth-order valence-electron chi connectivity index (χ4n) is 2.39. The van der Waals surface area contributed by atoms with Gasteiger partial charge in [-0.15, -0.1) is 0 Å². The van der Waals surface area contributed by atoms with Crippen LogP contribution >= 0.6 is 0 Å². The number of aromatic nitrogens is 2. The Morgan fingerprint density at radius 1 is 1.04 bits per heavy atom. The number of benzene rings is 1. The monoisotopic (exact) mass is 338 g/mol. The lowest BCUT2D eigenvalue weighted by atomic mass is 10.1. The van der Waals surface area contributed by atoms with E-state index < -0.39 is 0 Å². The zero-order chi connectivity index (χ0) is 17.8. The third-order valence-electron chi connectivity index (χ3n) is 3.55. The Bertz CT molecular complexity index is 824. The Morgan fingerprint density at radius 2 is 1.68 bits per heavy atom. The van der Waals surface area contributed by atoms with E-state index in [2.05, 4.69) is 31.1 Å². The summed E-state index contributed by atoms with van der Waals surface area (Å²) in [5.41, 5.74) is 5.84. The van der Waals surface area contributed by atoms with Gasteiger partial charge in [0.25, 0.3) is 5.91 Å². The standard InChI is InChI=1S/C17H18N6O2/c1-10-9-11(2)19-17(18-10)21-13-5-3-12(4-6-13)20-16(25)14-7-8-15(24)23-22-14/h3-6,9H,7-8H2,1-2H3,(H,20,25)(H,23,24)(H,18,19,21). The van der Waals surface area contributed by atoms with Crippen molar-refractivity contribution in [2.24, 2.45) is 5.10 Å². The molecule has 0 aliphatic carbocycles. The van der Waals surface area contributed by atoms with Gasteiger partial charge < -0.3 is 10.6 Å². The first-order valence-corrected chi connectivity index (χ1v) is 7.86. The summed E-state index contributed by atoms with van der Waals surface area (Å²) in [5.74, 6) is 0.0283. The minimum Gasteiger partial charge on any atom is -0.324 e. The first kappa shape index (κ1) is 16.6. The Morgan fingerprint density at radius 3 is 2.28 bits per heavy atom. The molecule has 1 aliphatic heterocycles. The second kappa shape index (κ2) is 7.08. The van der Waals surface area contributed by atoms with Crippen molar-refractivity contribution >= 4 is 34.8 Å². The maximum Gasteiger partial charge on any atom is 0.271 e. The molecule has 0 saturated heterocycles. The van der Waals surface area contributed by atoms with E-state index in [9.17, 15) is 9.59 Å². The van der Waals surface area contributed by atoms with E-state index in [-0.39, 0.29) is 18.2 Å². The van der Waals surface area contributed by atoms with Crippen LogP contribution in [-0.2, 0) is 9.59 Å². The molecule has 8 nitrogen and oxygen atoms in total. The van der Waals surface area contributed by atoms with Gasteiger partial charge in [-0.25, -0.2) is 15.4 Å². The SMILES string of the molecule is Cc1cc(C)nc(Nc2ccc(NC(=O)C3=NNC(=O)CC3)cc2)n1. The molecule has 1 aliphatic rings. The second-order valence-corrected chi connectivity index (χ2v) is 5.72. The van der Waals surface area contributed by atoms with Crippen LogP contribution in [0.15, 0.2) is 35.4 Å². The molecule has 8 heteroatoms. The van der Waals surface area contributed by atoms with Crippen LogP contribution in [0.4, 0.5) is 17.3 Å². The number of rotatable bonds is 4. The number of anilines is 3. The molecule has 0 unspecified atom stereocenters. The summed E-state index contributed by atoms with van der Waals surface area (Å²) in [6.45, 7) is 3.82. The Kier molecular flexibility index (Phi) is 4.69. The van der Waals surface area contributed by atoms with Crippen molar-refractivity contribution in [3.8, 4) is 0 Å². The van der Waals surface area contributed by atoms with Gasteiger partial charge in [0.15, 0.2) is 0 Å². The van der Waals surface area contributed by atoms with E-state index in [0.29, 0.717) is 23.8 Å². The van der Waals surface area contributed by atoms with Crippen molar-refractivity contribution in [1.82, 2.24) is 15.4 Å². The average Bonchev–Trinajstić information content (AvgIpc) is 2.56. The lowest BCUT2D eigenvalue weighted by Gasteiger charge is -2.12. The van der Waals surface area contributed by atoms with Crippen molar-refractivity contribution in [1.29, 1.82) is 0 Å². The van der Waals surface area contributed by atoms with Crippen LogP contribution in [0, 0.1) is 13.8 Å². The van der Waals surface area contributed by atoms with Gasteiger partial charge in [0, 0.05) is 35.6 Å². The van der Waals surface area contributed by atoms with E-state index in [4.69, 9.17) is 0 Å². The molecule has 0 bridgehead atoms. The van der Waals surface area contributed by atoms with Crippen molar-refractivity contribution in [3.05, 3.63) is 41.7 Å². The maximum absolute atomic E-state index is 12.1. The van der Waals surface area contributed by atoms with Gasteiger partial charge >= 0.3 is 0 Å². The quantitative estimate of drug-likeness (QED) is 0.790. The number of carbonyl (C=O) groups excluding carboxylic acids is 2. The molecule has 0 saturated carbocycles. The molecule has 25 heavy (non-hydrogen) atoms. The number of aryl methyl sites for hydroxylation is 2. The van der Waals surface area contributed by atoms with E-state index >= 15 is 0 Å². The van der Waals surface area contributed by atoms with Crippen LogP contribution in [0.1, 0.15) is 24.2 Å². The third kappa shape index (κ3) is 4.37. The van der Waals surface area contributed by atoms with E-state index in [1.807, 2.05) is 32.0 Å². The topological polar surface area (TPSA) is 108 Å². The van der Waals surface area contributed by atoms with Crippen LogP contribution < -0.4 is 16.1 Å². The predicted molar refractivity (Wildman–Crippen MR) is 94.7 cm³/mol. The van der Waals surface area contributed by atoms with Crippen molar-refractivity contribution in [2.75, 3.05) is 10.6 Å². The zero-order valence-corrected chi connectivity index (χ0v) is 14.0. The summed E-state index contributed by atoms with van der Waals surface area (Å²) in [6, 6.07) is 9.08. The molecular weight excluding hydrogens is 320 g/mol. The second-order valence-electron chi connectivity index (χ2n) is 5.72. The van der Waals surface area contributed by atoms with Gasteiger partial charge in [-0.3, -0.25) is 9.59 Å². The molecule has 2 aromatic rings. The molecule has 1 aromatic carbocycles. The maximum atomic E-state index is 12.1. The smallest absolute Gasteiger partial charge is 0.271 e. The highest BCUT2D eigenvalue weighted by Gasteiger charge is 2.18. The summed E-state index contributed by atoms with van der Waals surface area (Å²) in [6.07, 6.45) is 0.604. The Hall–Kier alpha value is -3.29. The number of nitrogens with one attached hydrogen (secondary N) is 3. The number of nitrogens with zero attached hydrogens (tertiary/aromatic N) is 3. The summed E-state index contributed by atoms with van der Waals surface area (Å²) >= 11 is 0. The molecule has 1 aromatic heterocycles. The number of carbonyl (C=O) groups is 2. The van der Waals surface area contributed by atoms with E-state index in [0.717, 1.165) is 17.1 Å². The first-order valence-electron chi connectivity index (χ1n) is 7.86. The van der Waals surface area contributed by atoms with Gasteiger partial charge in [0.05, 0.1) is 0 Å². The molecule has 0 atom stereocenters. The minimum atomic E-state index is -0.321. The van der Waals surface area contributed by atoms with Crippen molar-refractivity contribution in [2.45, 2.75) is 26.7 Å². The molecule has 3 N–H and O–H groups in total. The summed E-state index contributed by atoms with van der Waals surface area (Å²) in [5, 5.41) is 9.66. The molecule has 128 valence electrons. The van der Waals surface area contributed by atoms with Crippen molar-refractivity contribution in [3.63, 3.8) is 0 Å². The summed E-state index contributed by atoms with van der Waals surface area (Å²) in [7, 11) is 0. The minimum absolute atomic E-state index is 0.180. The zero-order valence-electron chi connectivity index (χ0n) is 14.0. The summed E-state index contributed by atoms with van der Waals surface area (Å²) < 4.78 is 0. The van der Waals surface area contributed by atoms with Crippen molar-refractivity contribution < 1.29 is 9.59 Å². The highest BCUT2D eigenvalue weighted by atomic mass is 16.2. The third-order valence-corrected chi connectivity index (χ3v) is 3.55. The number of hydrogen-bond donors (Lipinski definition) is 3. The molecule has 2 amide bonds. The van der Waals surface area contributed by atoms with Gasteiger partial charge in [0.1, 0.15) is 5.71 Å². The van der Waals surface area contributed by atoms with Crippen LogP contribution in [0.3, 0.4) is 0 Å². The van der Waals surface area contributed by atoms with Gasteiger partial charge in [-0.05, 0) is 44.2 Å². The highest BCUT2D eigenvalue weighted by Crippen LogP contribution is 2.17. The highest BCUT2D eigenvalue weighted by molar-refractivity contribution is 6.43. The van der Waals surface area contributed by atoms with E-state index in [1.54, 1.807) is 12.1 Å². The molecule has 0 spiro atoms. The Labute approximate surface area is 144 Å².